The fraction of sp³-hybridized carbons (Fsp3) is 0.600. The number of hydrogen-bond acceptors (Lipinski definition) is 8. The average molecular weight is 453 g/mol. The molecule has 1 aromatic carbocycles. The van der Waals surface area contributed by atoms with Crippen LogP contribution in [0.5, 0.6) is 0 Å². The molecule has 2 heterocycles. The first-order chi connectivity index (χ1) is 14.3. The predicted octanol–water partition coefficient (Wildman–Crippen LogP) is 2.09. The minimum absolute atomic E-state index is 0.115. The van der Waals surface area contributed by atoms with E-state index in [9.17, 15) is 18.3 Å². The highest BCUT2D eigenvalue weighted by Gasteiger charge is 2.47. The van der Waals surface area contributed by atoms with Crippen molar-refractivity contribution in [2.45, 2.75) is 64.2 Å². The Hall–Kier alpha value is -2.37. The maximum atomic E-state index is 13.2. The molecule has 170 valence electrons. The third-order valence-electron chi connectivity index (χ3n) is 5.08. The Bertz CT molecular complexity index is 1030. The van der Waals surface area contributed by atoms with Gasteiger partial charge in [-0.3, -0.25) is 4.79 Å². The molecule has 1 aliphatic rings. The molecule has 1 fully saturated rings. The third-order valence-corrected chi connectivity index (χ3v) is 6.70. The van der Waals surface area contributed by atoms with E-state index < -0.39 is 50.9 Å². The van der Waals surface area contributed by atoms with Gasteiger partial charge in [-0.15, -0.1) is 0 Å². The van der Waals surface area contributed by atoms with Crippen LogP contribution < -0.4 is 0 Å². The zero-order chi connectivity index (χ0) is 23.0. The zero-order valence-corrected chi connectivity index (χ0v) is 19.0. The lowest BCUT2D eigenvalue weighted by Gasteiger charge is -2.45. The zero-order valence-electron chi connectivity index (χ0n) is 18.2. The molecular weight excluding hydrogens is 424 g/mol. The lowest BCUT2D eigenvalue weighted by molar-refractivity contribution is -0.307. The van der Waals surface area contributed by atoms with Crippen LogP contribution in [0.15, 0.2) is 35.5 Å². The molecule has 11 heteroatoms. The van der Waals surface area contributed by atoms with Crippen LogP contribution in [0.4, 0.5) is 0 Å². The molecule has 10 nitrogen and oxygen atoms in total. The van der Waals surface area contributed by atoms with Crippen LogP contribution in [0.3, 0.4) is 0 Å². The summed E-state index contributed by atoms with van der Waals surface area (Å²) in [6.45, 7) is 8.74. The summed E-state index contributed by atoms with van der Waals surface area (Å²) < 4.78 is 39.3. The van der Waals surface area contributed by atoms with Crippen molar-refractivity contribution < 1.29 is 27.8 Å². The van der Waals surface area contributed by atoms with Gasteiger partial charge in [-0.2, -0.15) is 4.68 Å². The van der Waals surface area contributed by atoms with Crippen LogP contribution in [0.25, 0.3) is 5.69 Å². The number of carboxylic acid groups (broad SMARTS) is 1. The standard InChI is InChI=1S/C20H28N4O6S/c1-19(2,3)16(17(25)26)15-11-14(29-20(4,5)30-15)12-31(27,28)18-21-22-23-24(18)13-9-7-6-8-10-13/h6-10,14-16H,11-12H2,1-5H3,(H,25,26)/t14-,15+,16?/m0/s1. The number of sulfone groups is 1. The molecule has 1 saturated heterocycles. The van der Waals surface area contributed by atoms with Crippen LogP contribution in [-0.2, 0) is 24.1 Å². The van der Waals surface area contributed by atoms with Crippen molar-refractivity contribution in [1.29, 1.82) is 0 Å². The summed E-state index contributed by atoms with van der Waals surface area (Å²) in [5, 5.41) is 20.5. The number of carbonyl (C=O) groups is 1. The van der Waals surface area contributed by atoms with Crippen LogP contribution in [-0.4, -0.2) is 63.4 Å². The first-order valence-electron chi connectivity index (χ1n) is 9.95. The van der Waals surface area contributed by atoms with Gasteiger partial charge in [0, 0.05) is 6.42 Å². The molecule has 3 atom stereocenters. The molecule has 0 aliphatic carbocycles. The molecule has 1 N–H and O–H groups in total. The Morgan fingerprint density at radius 1 is 1.26 bits per heavy atom. The molecule has 1 unspecified atom stereocenters. The van der Waals surface area contributed by atoms with Gasteiger partial charge in [0.2, 0.25) is 9.84 Å². The lowest BCUT2D eigenvalue weighted by atomic mass is 9.75. The number of aliphatic carboxylic acids is 1. The number of para-hydroxylation sites is 1. The van der Waals surface area contributed by atoms with Crippen molar-refractivity contribution in [3.8, 4) is 5.69 Å². The van der Waals surface area contributed by atoms with Gasteiger partial charge in [0.1, 0.15) is 0 Å². The second-order valence-electron chi connectivity index (χ2n) is 9.20. The van der Waals surface area contributed by atoms with Gasteiger partial charge in [0.05, 0.1) is 29.6 Å². The largest absolute Gasteiger partial charge is 0.481 e. The first kappa shape index (κ1) is 23.3. The topological polar surface area (TPSA) is 134 Å². The Labute approximate surface area is 181 Å². The Kier molecular flexibility index (Phi) is 6.23. The summed E-state index contributed by atoms with van der Waals surface area (Å²) in [5.41, 5.74) is -0.0825. The Morgan fingerprint density at radius 2 is 1.90 bits per heavy atom. The van der Waals surface area contributed by atoms with Crippen LogP contribution in [0.1, 0.15) is 41.0 Å². The minimum Gasteiger partial charge on any atom is -0.481 e. The molecule has 31 heavy (non-hydrogen) atoms. The molecule has 2 aromatic rings. The number of hydrogen-bond donors (Lipinski definition) is 1. The minimum atomic E-state index is -3.95. The van der Waals surface area contributed by atoms with E-state index in [0.29, 0.717) is 5.69 Å². The maximum Gasteiger partial charge on any atom is 0.309 e. The summed E-state index contributed by atoms with van der Waals surface area (Å²) in [7, 11) is -3.95. The Morgan fingerprint density at radius 3 is 2.48 bits per heavy atom. The SMILES string of the molecule is CC1(C)O[C@H](CS(=O)(=O)c2nnnn2-c2ccccc2)C[C@H](C(C(=O)O)C(C)(C)C)O1. The normalized spacial score (nSPS) is 22.7. The van der Waals surface area contributed by atoms with Crippen LogP contribution in [0.2, 0.25) is 0 Å². The second kappa shape index (κ2) is 8.29. The number of nitrogens with zero attached hydrogens (tertiary/aromatic N) is 4. The highest BCUT2D eigenvalue weighted by molar-refractivity contribution is 7.91. The van der Waals surface area contributed by atoms with Crippen LogP contribution in [0, 0.1) is 11.3 Å². The molecule has 0 radical (unpaired) electrons. The van der Waals surface area contributed by atoms with E-state index in [1.54, 1.807) is 44.2 Å². The van der Waals surface area contributed by atoms with Gasteiger partial charge in [-0.1, -0.05) is 44.1 Å². The molecule has 0 amide bonds. The molecule has 1 aliphatic heterocycles. The average Bonchev–Trinajstić information content (AvgIpc) is 3.09. The molecule has 1 aromatic heterocycles. The van der Waals surface area contributed by atoms with E-state index in [4.69, 9.17) is 9.47 Å². The van der Waals surface area contributed by atoms with Crippen molar-refractivity contribution in [3.63, 3.8) is 0 Å². The van der Waals surface area contributed by atoms with E-state index in [0.717, 1.165) is 4.68 Å². The summed E-state index contributed by atoms with van der Waals surface area (Å²) >= 11 is 0. The van der Waals surface area contributed by atoms with Gasteiger partial charge >= 0.3 is 5.97 Å². The van der Waals surface area contributed by atoms with Gasteiger partial charge in [0.25, 0.3) is 5.16 Å². The molecular formula is C20H28N4O6S. The van der Waals surface area contributed by atoms with Crippen LogP contribution >= 0.6 is 0 Å². The van der Waals surface area contributed by atoms with Gasteiger partial charge in [-0.25, -0.2) is 8.42 Å². The van der Waals surface area contributed by atoms with Crippen molar-refractivity contribution >= 4 is 15.8 Å². The summed E-state index contributed by atoms with van der Waals surface area (Å²) in [5.74, 6) is -3.38. The highest BCUT2D eigenvalue weighted by Crippen LogP contribution is 2.39. The van der Waals surface area contributed by atoms with Gasteiger partial charge < -0.3 is 14.6 Å². The van der Waals surface area contributed by atoms with Crippen molar-refractivity contribution in [3.05, 3.63) is 30.3 Å². The summed E-state index contributed by atoms with van der Waals surface area (Å²) in [4.78, 5) is 12.0. The second-order valence-corrected chi connectivity index (χ2v) is 11.1. The molecule has 0 bridgehead atoms. The fourth-order valence-electron chi connectivity index (χ4n) is 3.97. The highest BCUT2D eigenvalue weighted by atomic mass is 32.2. The van der Waals surface area contributed by atoms with E-state index in [1.165, 1.54) is 0 Å². The number of tetrazole rings is 1. The van der Waals surface area contributed by atoms with Gasteiger partial charge in [0.15, 0.2) is 5.79 Å². The first-order valence-corrected chi connectivity index (χ1v) is 11.6. The lowest BCUT2D eigenvalue weighted by Crippen LogP contribution is -2.53. The predicted molar refractivity (Wildman–Crippen MR) is 110 cm³/mol. The number of aromatic nitrogens is 4. The number of ether oxygens (including phenoxy) is 2. The number of benzene rings is 1. The third kappa shape index (κ3) is 5.28. The quantitative estimate of drug-likeness (QED) is 0.699. The number of rotatable bonds is 6. The molecule has 0 spiro atoms. The smallest absolute Gasteiger partial charge is 0.309 e. The van der Waals surface area contributed by atoms with E-state index in [1.807, 2.05) is 20.8 Å². The van der Waals surface area contributed by atoms with E-state index in [2.05, 4.69) is 15.5 Å². The Balaban J connectivity index is 1.88. The fourth-order valence-corrected chi connectivity index (χ4v) is 5.37. The van der Waals surface area contributed by atoms with Crippen molar-refractivity contribution in [2.75, 3.05) is 5.75 Å². The molecule has 3 rings (SSSR count). The molecule has 0 saturated carbocycles. The van der Waals surface area contributed by atoms with Crippen molar-refractivity contribution in [1.82, 2.24) is 20.2 Å². The van der Waals surface area contributed by atoms with E-state index in [-0.39, 0.29) is 11.6 Å². The summed E-state index contributed by atoms with van der Waals surface area (Å²) in [6, 6.07) is 8.69. The van der Waals surface area contributed by atoms with Gasteiger partial charge in [-0.05, 0) is 41.8 Å². The maximum absolute atomic E-state index is 13.2. The van der Waals surface area contributed by atoms with E-state index >= 15 is 0 Å². The monoisotopic (exact) mass is 452 g/mol. The number of carboxylic acids is 1. The summed E-state index contributed by atoms with van der Waals surface area (Å²) in [6.07, 6.45) is -1.39. The van der Waals surface area contributed by atoms with Crippen molar-refractivity contribution in [2.24, 2.45) is 11.3 Å².